The van der Waals surface area contributed by atoms with E-state index < -0.39 is 0 Å². The predicted molar refractivity (Wildman–Crippen MR) is 28.2 cm³/mol. The van der Waals surface area contributed by atoms with Gasteiger partial charge in [0, 0.05) is 25.2 Å². The molecule has 0 amide bonds. The molecule has 2 heteroatoms. The van der Waals surface area contributed by atoms with E-state index in [1.54, 1.807) is 0 Å². The molecule has 7 heavy (non-hydrogen) atoms. The Morgan fingerprint density at radius 3 is 1.86 bits per heavy atom. The molecule has 0 aliphatic carbocycles. The zero-order chi connectivity index (χ0) is 4.69. The van der Waals surface area contributed by atoms with Gasteiger partial charge in [0.25, 0.3) is 0 Å². The van der Waals surface area contributed by atoms with Crippen LogP contribution in [0, 0.1) is 0 Å². The first-order valence-electron chi connectivity index (χ1n) is 2.92. The quantitative estimate of drug-likeness (QED) is 0.449. The molecule has 0 aromatic rings. The highest BCUT2D eigenvalue weighted by Gasteiger charge is 2.29. The average molecular weight is 98.1 g/mol. The van der Waals surface area contributed by atoms with Crippen molar-refractivity contribution < 1.29 is 0 Å². The maximum atomic E-state index is 3.27. The van der Waals surface area contributed by atoms with Crippen LogP contribution in [0.1, 0.15) is 6.42 Å². The highest BCUT2D eigenvalue weighted by molar-refractivity contribution is 4.94. The molecule has 2 rings (SSSR count). The molecule has 2 atom stereocenters. The summed E-state index contributed by atoms with van der Waals surface area (Å²) in [7, 11) is 0. The molecule has 2 N–H and O–H groups in total. The van der Waals surface area contributed by atoms with Crippen LogP contribution in [0.4, 0.5) is 0 Å². The van der Waals surface area contributed by atoms with Crippen LogP contribution in [-0.4, -0.2) is 25.2 Å². The van der Waals surface area contributed by atoms with Crippen molar-refractivity contribution in [3.05, 3.63) is 0 Å². The molecule has 2 nitrogen and oxygen atoms in total. The van der Waals surface area contributed by atoms with Gasteiger partial charge < -0.3 is 10.6 Å². The van der Waals surface area contributed by atoms with Crippen LogP contribution >= 0.6 is 0 Å². The van der Waals surface area contributed by atoms with Crippen LogP contribution in [0.25, 0.3) is 0 Å². The number of hydrogen-bond acceptors (Lipinski definition) is 2. The molecule has 2 unspecified atom stereocenters. The molecular formula is C5H10N2. The summed E-state index contributed by atoms with van der Waals surface area (Å²) in [5.74, 6) is 0. The van der Waals surface area contributed by atoms with Gasteiger partial charge >= 0.3 is 0 Å². The number of hydrogen-bond donors (Lipinski definition) is 2. The third-order valence-corrected chi connectivity index (χ3v) is 1.55. The molecule has 0 bridgehead atoms. The summed E-state index contributed by atoms with van der Waals surface area (Å²) in [5.41, 5.74) is 0. The van der Waals surface area contributed by atoms with Crippen molar-refractivity contribution in [1.82, 2.24) is 10.6 Å². The molecule has 2 saturated heterocycles. The Bertz CT molecular complexity index is 64.1. The molecule has 40 valence electrons. The molecular weight excluding hydrogens is 88.1 g/mol. The summed E-state index contributed by atoms with van der Waals surface area (Å²) in [6, 6.07) is 1.75. The van der Waals surface area contributed by atoms with Gasteiger partial charge in [-0.25, -0.2) is 0 Å². The third-order valence-electron chi connectivity index (χ3n) is 1.55. The largest absolute Gasteiger partial charge is 0.311 e. The Morgan fingerprint density at radius 1 is 1.14 bits per heavy atom. The predicted octanol–water partition coefficient (Wildman–Crippen LogP) is -0.680. The Morgan fingerprint density at radius 2 is 1.57 bits per heavy atom. The van der Waals surface area contributed by atoms with E-state index in [4.69, 9.17) is 0 Å². The van der Waals surface area contributed by atoms with Crippen LogP contribution in [0.15, 0.2) is 0 Å². The first kappa shape index (κ1) is 3.87. The van der Waals surface area contributed by atoms with E-state index in [9.17, 15) is 0 Å². The van der Waals surface area contributed by atoms with Crippen molar-refractivity contribution in [3.63, 3.8) is 0 Å². The van der Waals surface area contributed by atoms with E-state index in [1.807, 2.05) is 0 Å². The topological polar surface area (TPSA) is 43.9 Å². The molecule has 0 radical (unpaired) electrons. The van der Waals surface area contributed by atoms with Gasteiger partial charge in [0.2, 0.25) is 0 Å². The average Bonchev–Trinajstić information content (AvgIpc) is 2.33. The van der Waals surface area contributed by atoms with E-state index in [0.717, 1.165) is 12.1 Å². The van der Waals surface area contributed by atoms with Gasteiger partial charge in [0.1, 0.15) is 0 Å². The van der Waals surface area contributed by atoms with E-state index in [-0.39, 0.29) is 0 Å². The summed E-state index contributed by atoms with van der Waals surface area (Å²) in [4.78, 5) is 0. The van der Waals surface area contributed by atoms with Crippen molar-refractivity contribution in [2.45, 2.75) is 18.5 Å². The summed E-state index contributed by atoms with van der Waals surface area (Å²) in [5, 5.41) is 6.53. The minimum atomic E-state index is 0.875. The van der Waals surface area contributed by atoms with Gasteiger partial charge in [-0.2, -0.15) is 0 Å². The Kier molecular flexibility index (Phi) is 0.664. The van der Waals surface area contributed by atoms with Crippen LogP contribution in [-0.2, 0) is 0 Å². The minimum Gasteiger partial charge on any atom is -0.311 e. The first-order valence-corrected chi connectivity index (χ1v) is 2.92. The second kappa shape index (κ2) is 1.20. The van der Waals surface area contributed by atoms with Gasteiger partial charge in [0.05, 0.1) is 0 Å². The second-order valence-corrected chi connectivity index (χ2v) is 2.45. The van der Waals surface area contributed by atoms with Crippen molar-refractivity contribution in [1.29, 1.82) is 0 Å². The zero-order valence-corrected chi connectivity index (χ0v) is 4.28. The SMILES string of the molecule is C1NC1CC1CN1. The van der Waals surface area contributed by atoms with Gasteiger partial charge in [-0.05, 0) is 6.42 Å². The summed E-state index contributed by atoms with van der Waals surface area (Å²) in [6.07, 6.45) is 1.36. The van der Waals surface area contributed by atoms with Gasteiger partial charge in [-0.15, -0.1) is 0 Å². The highest BCUT2D eigenvalue weighted by Crippen LogP contribution is 2.11. The fraction of sp³-hybridized carbons (Fsp3) is 1.00. The van der Waals surface area contributed by atoms with Crippen LogP contribution < -0.4 is 10.6 Å². The summed E-state index contributed by atoms with van der Waals surface area (Å²) < 4.78 is 0. The van der Waals surface area contributed by atoms with Crippen LogP contribution in [0.5, 0.6) is 0 Å². The standard InChI is InChI=1S/C5H10N2/c1(4-2-6-4)5-3-7-5/h4-7H,1-3H2. The minimum absolute atomic E-state index is 0.875. The number of nitrogens with one attached hydrogen (secondary N) is 2. The molecule has 2 heterocycles. The maximum absolute atomic E-state index is 3.27. The lowest BCUT2D eigenvalue weighted by molar-refractivity contribution is 0.785. The van der Waals surface area contributed by atoms with Crippen molar-refractivity contribution in [2.75, 3.05) is 13.1 Å². The van der Waals surface area contributed by atoms with Gasteiger partial charge in [-0.1, -0.05) is 0 Å². The molecule has 0 aromatic heterocycles. The smallest absolute Gasteiger partial charge is 0.0208 e. The van der Waals surface area contributed by atoms with E-state index in [0.29, 0.717) is 0 Å². The molecule has 2 fully saturated rings. The van der Waals surface area contributed by atoms with Crippen LogP contribution in [0.3, 0.4) is 0 Å². The zero-order valence-electron chi connectivity index (χ0n) is 4.28. The van der Waals surface area contributed by atoms with Crippen molar-refractivity contribution in [2.24, 2.45) is 0 Å². The normalized spacial score (nSPS) is 46.3. The molecule has 0 saturated carbocycles. The number of rotatable bonds is 2. The Labute approximate surface area is 43.3 Å². The lowest BCUT2D eigenvalue weighted by Crippen LogP contribution is -1.98. The third kappa shape index (κ3) is 0.924. The Hall–Kier alpha value is -0.0800. The van der Waals surface area contributed by atoms with E-state index in [2.05, 4.69) is 10.6 Å². The fourth-order valence-electron chi connectivity index (χ4n) is 0.843. The van der Waals surface area contributed by atoms with E-state index in [1.165, 1.54) is 19.5 Å². The van der Waals surface area contributed by atoms with Crippen molar-refractivity contribution in [3.8, 4) is 0 Å². The molecule has 2 aliphatic heterocycles. The molecule has 0 spiro atoms. The van der Waals surface area contributed by atoms with Crippen LogP contribution in [0.2, 0.25) is 0 Å². The lowest BCUT2D eigenvalue weighted by atomic mass is 10.3. The van der Waals surface area contributed by atoms with Gasteiger partial charge in [-0.3, -0.25) is 0 Å². The van der Waals surface area contributed by atoms with Crippen molar-refractivity contribution >= 4 is 0 Å². The maximum Gasteiger partial charge on any atom is 0.0208 e. The highest BCUT2D eigenvalue weighted by atomic mass is 15.1. The molecule has 2 aliphatic rings. The summed E-state index contributed by atoms with van der Waals surface area (Å²) in [6.45, 7) is 2.52. The monoisotopic (exact) mass is 98.1 g/mol. The van der Waals surface area contributed by atoms with Gasteiger partial charge in [0.15, 0.2) is 0 Å². The fourth-order valence-corrected chi connectivity index (χ4v) is 0.843. The van der Waals surface area contributed by atoms with E-state index >= 15 is 0 Å². The summed E-state index contributed by atoms with van der Waals surface area (Å²) >= 11 is 0. The Balaban J connectivity index is 1.69. The first-order chi connectivity index (χ1) is 3.45. The second-order valence-electron chi connectivity index (χ2n) is 2.45. The lowest BCUT2D eigenvalue weighted by Gasteiger charge is -1.83. The molecule has 0 aromatic carbocycles.